The van der Waals surface area contributed by atoms with Crippen LogP contribution in [0.5, 0.6) is 0 Å². The lowest BCUT2D eigenvalue weighted by molar-refractivity contribution is -0.138. The molecule has 4 nitrogen and oxygen atoms in total. The van der Waals surface area contributed by atoms with Crippen LogP contribution in [-0.2, 0) is 4.79 Å². The zero-order valence-corrected chi connectivity index (χ0v) is 11.2. The van der Waals surface area contributed by atoms with E-state index in [0.717, 1.165) is 5.57 Å². The lowest BCUT2D eigenvalue weighted by Crippen LogP contribution is -2.31. The molecule has 3 atom stereocenters. The van der Waals surface area contributed by atoms with Crippen molar-refractivity contribution >= 4 is 12.2 Å². The zero-order chi connectivity index (χ0) is 14.1. The Kier molecular flexibility index (Phi) is 3.14. The van der Waals surface area contributed by atoms with E-state index in [1.54, 1.807) is 18.4 Å². The number of carboxylic acid groups (broad SMARTS) is 1. The van der Waals surface area contributed by atoms with Gasteiger partial charge >= 0.3 is 5.97 Å². The second-order valence-corrected chi connectivity index (χ2v) is 5.07. The molecule has 4 heteroatoms. The van der Waals surface area contributed by atoms with Gasteiger partial charge in [-0.3, -0.25) is 9.80 Å². The Labute approximate surface area is 117 Å². The molecule has 0 fully saturated rings. The minimum Gasteiger partial charge on any atom is -0.481 e. The first-order valence-corrected chi connectivity index (χ1v) is 6.67. The molecule has 1 aliphatic heterocycles. The first kappa shape index (κ1) is 12.7. The Balaban J connectivity index is 1.83. The van der Waals surface area contributed by atoms with Crippen LogP contribution in [0.3, 0.4) is 0 Å². The Bertz CT molecular complexity index is 604. The third kappa shape index (κ3) is 2.13. The van der Waals surface area contributed by atoms with Crippen molar-refractivity contribution in [2.75, 3.05) is 0 Å². The predicted molar refractivity (Wildman–Crippen MR) is 77.3 cm³/mol. The fraction of sp³-hybridized carbons (Fsp3) is 0.250. The molecule has 1 aliphatic carbocycles. The van der Waals surface area contributed by atoms with Crippen molar-refractivity contribution < 1.29 is 9.90 Å². The summed E-state index contributed by atoms with van der Waals surface area (Å²) in [6, 6.07) is 10.4. The Morgan fingerprint density at radius 3 is 2.75 bits per heavy atom. The molecule has 0 radical (unpaired) electrons. The Morgan fingerprint density at radius 1 is 1.30 bits per heavy atom. The number of nitrogens with zero attached hydrogens (tertiary/aromatic N) is 2. The number of benzene rings is 1. The molecule has 1 heterocycles. The monoisotopic (exact) mass is 268 g/mol. The van der Waals surface area contributed by atoms with Crippen LogP contribution < -0.4 is 0 Å². The average molecular weight is 268 g/mol. The zero-order valence-electron chi connectivity index (χ0n) is 11.2. The summed E-state index contributed by atoms with van der Waals surface area (Å²) < 4.78 is 0. The van der Waals surface area contributed by atoms with Crippen LogP contribution in [-0.4, -0.2) is 28.3 Å². The quantitative estimate of drug-likeness (QED) is 0.857. The first-order chi connectivity index (χ1) is 9.66. The summed E-state index contributed by atoms with van der Waals surface area (Å²) in [7, 11) is 0. The number of fused-ring (bicyclic) bond motifs is 1. The predicted octanol–water partition coefficient (Wildman–Crippen LogP) is 2.61. The molecule has 0 bridgehead atoms. The summed E-state index contributed by atoms with van der Waals surface area (Å²) in [5, 5.41) is 15.5. The molecule has 0 amide bonds. The van der Waals surface area contributed by atoms with Crippen LogP contribution in [0.4, 0.5) is 0 Å². The molecular formula is C16H16N2O2. The van der Waals surface area contributed by atoms with Crippen LogP contribution in [0, 0.1) is 5.92 Å². The van der Waals surface area contributed by atoms with Crippen molar-refractivity contribution in [1.29, 1.82) is 0 Å². The summed E-state index contributed by atoms with van der Waals surface area (Å²) in [5.41, 5.74) is 2.15. The standard InChI is InChI=1S/C16H16N2O2/c1-11(12-5-3-2-4-6-12)18-15-8-7-13(16(19)20)9-14(15)10-17-18/h2-11,13,15H,1H3,(H,19,20). The molecule has 1 aromatic carbocycles. The van der Waals surface area contributed by atoms with Gasteiger partial charge in [0.25, 0.3) is 0 Å². The fourth-order valence-electron chi connectivity index (χ4n) is 2.64. The second-order valence-electron chi connectivity index (χ2n) is 5.07. The van der Waals surface area contributed by atoms with Crippen molar-refractivity contribution in [1.82, 2.24) is 5.01 Å². The van der Waals surface area contributed by atoms with Gasteiger partial charge in [-0.1, -0.05) is 48.6 Å². The number of aliphatic carboxylic acids is 1. The minimum absolute atomic E-state index is 0.0424. The highest BCUT2D eigenvalue weighted by atomic mass is 16.4. The van der Waals surface area contributed by atoms with Gasteiger partial charge < -0.3 is 5.11 Å². The molecule has 0 spiro atoms. The molecule has 1 aromatic rings. The van der Waals surface area contributed by atoms with Crippen LogP contribution in [0.2, 0.25) is 0 Å². The van der Waals surface area contributed by atoms with Gasteiger partial charge in [0.15, 0.2) is 0 Å². The van der Waals surface area contributed by atoms with E-state index in [-0.39, 0.29) is 12.1 Å². The number of hydrazone groups is 1. The SMILES string of the molecule is CC(c1ccccc1)N1N=CC2=CC(C(=O)O)C=CC21. The molecule has 3 unspecified atom stereocenters. The van der Waals surface area contributed by atoms with Gasteiger partial charge in [-0.2, -0.15) is 5.10 Å². The molecule has 3 rings (SSSR count). The maximum atomic E-state index is 11.0. The number of hydrogen-bond acceptors (Lipinski definition) is 3. The van der Waals surface area contributed by atoms with Gasteiger partial charge in [-0.15, -0.1) is 0 Å². The van der Waals surface area contributed by atoms with E-state index in [4.69, 9.17) is 5.11 Å². The molecule has 20 heavy (non-hydrogen) atoms. The van der Waals surface area contributed by atoms with E-state index < -0.39 is 11.9 Å². The largest absolute Gasteiger partial charge is 0.481 e. The lowest BCUT2D eigenvalue weighted by atomic mass is 9.93. The fourth-order valence-corrected chi connectivity index (χ4v) is 2.64. The maximum Gasteiger partial charge on any atom is 0.314 e. The highest BCUT2D eigenvalue weighted by Crippen LogP contribution is 2.32. The number of carboxylic acids is 1. The Morgan fingerprint density at radius 2 is 2.05 bits per heavy atom. The molecular weight excluding hydrogens is 252 g/mol. The van der Waals surface area contributed by atoms with Crippen molar-refractivity contribution in [3.8, 4) is 0 Å². The van der Waals surface area contributed by atoms with E-state index >= 15 is 0 Å². The van der Waals surface area contributed by atoms with Gasteiger partial charge in [-0.05, 0) is 18.1 Å². The third-order valence-corrected chi connectivity index (χ3v) is 3.80. The van der Waals surface area contributed by atoms with Crippen molar-refractivity contribution in [2.45, 2.75) is 19.0 Å². The summed E-state index contributed by atoms with van der Waals surface area (Å²) in [5.74, 6) is -1.37. The highest BCUT2D eigenvalue weighted by molar-refractivity contribution is 5.86. The van der Waals surface area contributed by atoms with Crippen molar-refractivity contribution in [2.24, 2.45) is 11.0 Å². The number of rotatable bonds is 3. The molecule has 102 valence electrons. The topological polar surface area (TPSA) is 52.9 Å². The molecule has 2 aliphatic rings. The van der Waals surface area contributed by atoms with E-state index in [0.29, 0.717) is 0 Å². The molecule has 0 saturated carbocycles. The van der Waals surface area contributed by atoms with Gasteiger partial charge in [-0.25, -0.2) is 0 Å². The average Bonchev–Trinajstić information content (AvgIpc) is 2.90. The van der Waals surface area contributed by atoms with Crippen LogP contribution >= 0.6 is 0 Å². The van der Waals surface area contributed by atoms with Crippen LogP contribution in [0.25, 0.3) is 0 Å². The van der Waals surface area contributed by atoms with E-state index in [2.05, 4.69) is 24.2 Å². The lowest BCUT2D eigenvalue weighted by Gasteiger charge is -2.30. The van der Waals surface area contributed by atoms with Gasteiger partial charge in [0.05, 0.1) is 24.2 Å². The van der Waals surface area contributed by atoms with Gasteiger partial charge in [0, 0.05) is 0 Å². The van der Waals surface area contributed by atoms with E-state index in [1.165, 1.54) is 5.56 Å². The summed E-state index contributed by atoms with van der Waals surface area (Å²) in [6.45, 7) is 2.10. The van der Waals surface area contributed by atoms with Crippen LogP contribution in [0.1, 0.15) is 18.5 Å². The van der Waals surface area contributed by atoms with Gasteiger partial charge in [0.1, 0.15) is 0 Å². The first-order valence-electron chi connectivity index (χ1n) is 6.67. The minimum atomic E-state index is -0.824. The van der Waals surface area contributed by atoms with Crippen LogP contribution in [0.15, 0.2) is 59.2 Å². The van der Waals surface area contributed by atoms with E-state index in [1.807, 2.05) is 29.3 Å². The summed E-state index contributed by atoms with van der Waals surface area (Å²) in [4.78, 5) is 11.0. The van der Waals surface area contributed by atoms with Crippen molar-refractivity contribution in [3.05, 3.63) is 59.7 Å². The summed E-state index contributed by atoms with van der Waals surface area (Å²) in [6.07, 6.45) is 7.20. The normalized spacial score (nSPS) is 25.2. The van der Waals surface area contributed by atoms with Gasteiger partial charge in [0.2, 0.25) is 0 Å². The van der Waals surface area contributed by atoms with Crippen molar-refractivity contribution in [3.63, 3.8) is 0 Å². The Hall–Kier alpha value is -2.36. The maximum absolute atomic E-state index is 11.0. The summed E-state index contributed by atoms with van der Waals surface area (Å²) >= 11 is 0. The number of carbonyl (C=O) groups is 1. The third-order valence-electron chi connectivity index (χ3n) is 3.80. The van der Waals surface area contributed by atoms with E-state index in [9.17, 15) is 4.79 Å². The number of hydrogen-bond donors (Lipinski definition) is 1. The second kappa shape index (κ2) is 4.96. The molecule has 1 N–H and O–H groups in total. The molecule has 0 aromatic heterocycles. The highest BCUT2D eigenvalue weighted by Gasteiger charge is 2.31. The molecule has 0 saturated heterocycles. The smallest absolute Gasteiger partial charge is 0.314 e.